The van der Waals surface area contributed by atoms with Crippen molar-refractivity contribution >= 4 is 0 Å². The van der Waals surface area contributed by atoms with Gasteiger partial charge in [-0.05, 0) is 42.8 Å². The van der Waals surface area contributed by atoms with Crippen LogP contribution < -0.4 is 5.32 Å². The Morgan fingerprint density at radius 3 is 2.67 bits per heavy atom. The smallest absolute Gasteiger partial charge is 0.123 e. The Morgan fingerprint density at radius 1 is 1.11 bits per heavy atom. The van der Waals surface area contributed by atoms with Crippen LogP contribution in [0.4, 0.5) is 4.39 Å². The van der Waals surface area contributed by atoms with E-state index in [0.29, 0.717) is 5.92 Å². The first kappa shape index (κ1) is 11.4. The van der Waals surface area contributed by atoms with Crippen LogP contribution in [0.15, 0.2) is 48.7 Å². The lowest BCUT2D eigenvalue weighted by molar-refractivity contribution is 0.560. The van der Waals surface area contributed by atoms with Crippen LogP contribution in [0.1, 0.15) is 29.6 Å². The molecule has 1 aromatic heterocycles. The van der Waals surface area contributed by atoms with E-state index in [1.807, 2.05) is 36.5 Å². The van der Waals surface area contributed by atoms with Crippen LogP contribution in [0, 0.1) is 5.82 Å². The second-order valence-corrected chi connectivity index (χ2v) is 4.63. The molecule has 2 heterocycles. The minimum atomic E-state index is -0.181. The van der Waals surface area contributed by atoms with Crippen LogP contribution in [0.2, 0.25) is 0 Å². The molecule has 0 bridgehead atoms. The monoisotopic (exact) mass is 242 g/mol. The molecule has 2 atom stereocenters. The van der Waals surface area contributed by atoms with Gasteiger partial charge in [0.25, 0.3) is 0 Å². The first-order chi connectivity index (χ1) is 8.84. The zero-order chi connectivity index (χ0) is 12.4. The average Bonchev–Trinajstić information content (AvgIpc) is 2.90. The van der Waals surface area contributed by atoms with Crippen LogP contribution in [-0.2, 0) is 0 Å². The summed E-state index contributed by atoms with van der Waals surface area (Å²) in [5.74, 6) is 0.194. The average molecular weight is 242 g/mol. The number of pyridine rings is 1. The molecule has 2 nitrogen and oxygen atoms in total. The maximum Gasteiger partial charge on any atom is 0.123 e. The van der Waals surface area contributed by atoms with E-state index >= 15 is 0 Å². The second-order valence-electron chi connectivity index (χ2n) is 4.63. The molecule has 1 saturated heterocycles. The molecule has 1 aliphatic rings. The highest BCUT2D eigenvalue weighted by Crippen LogP contribution is 2.36. The zero-order valence-electron chi connectivity index (χ0n) is 10.0. The van der Waals surface area contributed by atoms with Crippen LogP contribution >= 0.6 is 0 Å². The fourth-order valence-corrected chi connectivity index (χ4v) is 2.64. The van der Waals surface area contributed by atoms with Crippen LogP contribution in [0.3, 0.4) is 0 Å². The van der Waals surface area contributed by atoms with Crippen LogP contribution in [-0.4, -0.2) is 11.5 Å². The Morgan fingerprint density at radius 2 is 1.94 bits per heavy atom. The summed E-state index contributed by atoms with van der Waals surface area (Å²) >= 11 is 0. The number of nitrogens with one attached hydrogen (secondary N) is 1. The molecule has 3 rings (SSSR count). The molecular weight excluding hydrogens is 227 g/mol. The van der Waals surface area contributed by atoms with Crippen molar-refractivity contribution in [2.75, 3.05) is 6.54 Å². The van der Waals surface area contributed by atoms with Gasteiger partial charge in [0, 0.05) is 12.1 Å². The largest absolute Gasteiger partial charge is 0.308 e. The van der Waals surface area contributed by atoms with E-state index in [9.17, 15) is 4.39 Å². The van der Waals surface area contributed by atoms with Crippen molar-refractivity contribution < 1.29 is 4.39 Å². The molecule has 1 aromatic carbocycles. The van der Waals surface area contributed by atoms with E-state index in [1.165, 1.54) is 17.7 Å². The van der Waals surface area contributed by atoms with Crippen LogP contribution in [0.5, 0.6) is 0 Å². The number of halogens is 1. The number of nitrogens with zero attached hydrogens (tertiary/aromatic N) is 1. The third-order valence-corrected chi connectivity index (χ3v) is 3.53. The number of hydrogen-bond donors (Lipinski definition) is 1. The highest BCUT2D eigenvalue weighted by molar-refractivity contribution is 5.27. The minimum absolute atomic E-state index is 0.181. The van der Waals surface area contributed by atoms with Crippen molar-refractivity contribution in [3.8, 4) is 0 Å². The second kappa shape index (κ2) is 4.86. The number of hydrogen-bond acceptors (Lipinski definition) is 2. The predicted octanol–water partition coefficient (Wildman–Crippen LogP) is 3.04. The van der Waals surface area contributed by atoms with Crippen molar-refractivity contribution in [1.29, 1.82) is 0 Å². The molecule has 0 aliphatic carbocycles. The molecule has 1 fully saturated rings. The summed E-state index contributed by atoms with van der Waals surface area (Å²) in [5.41, 5.74) is 2.24. The molecule has 2 aromatic rings. The van der Waals surface area contributed by atoms with E-state index in [2.05, 4.69) is 10.3 Å². The van der Waals surface area contributed by atoms with Gasteiger partial charge in [-0.15, -0.1) is 0 Å². The van der Waals surface area contributed by atoms with E-state index < -0.39 is 0 Å². The van der Waals surface area contributed by atoms with Crippen LogP contribution in [0.25, 0.3) is 0 Å². The van der Waals surface area contributed by atoms with Crippen molar-refractivity contribution in [3.05, 3.63) is 65.7 Å². The minimum Gasteiger partial charge on any atom is -0.308 e. The SMILES string of the molecule is Fc1ccc([C@@H]2CCN[C@H]2c2ccccn2)cc1. The Hall–Kier alpha value is -1.74. The maximum atomic E-state index is 13.0. The van der Waals surface area contributed by atoms with E-state index in [4.69, 9.17) is 0 Å². The molecule has 0 radical (unpaired) electrons. The Labute approximate surface area is 106 Å². The van der Waals surface area contributed by atoms with Gasteiger partial charge in [-0.25, -0.2) is 4.39 Å². The fourth-order valence-electron chi connectivity index (χ4n) is 2.64. The van der Waals surface area contributed by atoms with E-state index in [1.54, 1.807) is 0 Å². The molecule has 0 amide bonds. The molecule has 0 unspecified atom stereocenters. The Kier molecular flexibility index (Phi) is 3.07. The zero-order valence-corrected chi connectivity index (χ0v) is 10.0. The van der Waals surface area contributed by atoms with Gasteiger partial charge < -0.3 is 5.32 Å². The van der Waals surface area contributed by atoms with E-state index in [-0.39, 0.29) is 11.9 Å². The molecular formula is C15H15FN2. The third kappa shape index (κ3) is 2.14. The van der Waals surface area contributed by atoms with Crippen molar-refractivity contribution in [1.82, 2.24) is 10.3 Å². The van der Waals surface area contributed by atoms with Crippen molar-refractivity contribution in [2.24, 2.45) is 0 Å². The number of aromatic nitrogens is 1. The molecule has 1 N–H and O–H groups in total. The normalized spacial score (nSPS) is 23.2. The summed E-state index contributed by atoms with van der Waals surface area (Å²) in [6, 6.07) is 13.0. The number of rotatable bonds is 2. The van der Waals surface area contributed by atoms with E-state index in [0.717, 1.165) is 18.7 Å². The first-order valence-corrected chi connectivity index (χ1v) is 6.24. The number of benzene rings is 1. The predicted molar refractivity (Wildman–Crippen MR) is 68.7 cm³/mol. The lowest BCUT2D eigenvalue weighted by Gasteiger charge is -2.19. The molecule has 3 heteroatoms. The molecule has 0 spiro atoms. The molecule has 18 heavy (non-hydrogen) atoms. The topological polar surface area (TPSA) is 24.9 Å². The quantitative estimate of drug-likeness (QED) is 0.875. The van der Waals surface area contributed by atoms with Gasteiger partial charge >= 0.3 is 0 Å². The standard InChI is InChI=1S/C15H15FN2/c16-12-6-4-11(5-7-12)13-8-10-18-15(13)14-3-1-2-9-17-14/h1-7,9,13,15,18H,8,10H2/t13-,15+/m0/s1. The lowest BCUT2D eigenvalue weighted by atomic mass is 9.90. The van der Waals surface area contributed by atoms with Gasteiger partial charge in [0.1, 0.15) is 5.82 Å². The van der Waals surface area contributed by atoms with Gasteiger partial charge in [0.15, 0.2) is 0 Å². The fraction of sp³-hybridized carbons (Fsp3) is 0.267. The van der Waals surface area contributed by atoms with Gasteiger partial charge in [0.05, 0.1) is 11.7 Å². The van der Waals surface area contributed by atoms with Crippen molar-refractivity contribution in [3.63, 3.8) is 0 Å². The van der Waals surface area contributed by atoms with Gasteiger partial charge in [0.2, 0.25) is 0 Å². The first-order valence-electron chi connectivity index (χ1n) is 6.24. The maximum absolute atomic E-state index is 13.0. The summed E-state index contributed by atoms with van der Waals surface area (Å²) in [6.45, 7) is 0.975. The lowest BCUT2D eigenvalue weighted by Crippen LogP contribution is -2.18. The highest BCUT2D eigenvalue weighted by atomic mass is 19.1. The third-order valence-electron chi connectivity index (χ3n) is 3.53. The van der Waals surface area contributed by atoms with Gasteiger partial charge in [-0.2, -0.15) is 0 Å². The highest BCUT2D eigenvalue weighted by Gasteiger charge is 2.30. The molecule has 1 aliphatic heterocycles. The summed E-state index contributed by atoms with van der Waals surface area (Å²) in [4.78, 5) is 4.42. The van der Waals surface area contributed by atoms with Crippen molar-refractivity contribution in [2.45, 2.75) is 18.4 Å². The summed E-state index contributed by atoms with van der Waals surface area (Å²) in [6.07, 6.45) is 2.88. The summed E-state index contributed by atoms with van der Waals surface area (Å²) < 4.78 is 13.0. The Bertz CT molecular complexity index is 510. The summed E-state index contributed by atoms with van der Waals surface area (Å²) in [5, 5.41) is 3.48. The summed E-state index contributed by atoms with van der Waals surface area (Å²) in [7, 11) is 0. The van der Waals surface area contributed by atoms with Gasteiger partial charge in [-0.3, -0.25) is 4.98 Å². The van der Waals surface area contributed by atoms with Gasteiger partial charge in [-0.1, -0.05) is 18.2 Å². The molecule has 0 saturated carbocycles. The Balaban J connectivity index is 1.90. The molecule has 92 valence electrons.